The van der Waals surface area contributed by atoms with E-state index in [1.807, 2.05) is 0 Å². The molecule has 2 heteroatoms. The molecule has 0 aromatic heterocycles. The Bertz CT molecular complexity index is 157. The Morgan fingerprint density at radius 1 is 1.23 bits per heavy atom. The maximum atomic E-state index is 9.09. The summed E-state index contributed by atoms with van der Waals surface area (Å²) in [6.07, 6.45) is 5.73. The molecular weight excluding hydrogens is 162 g/mol. The minimum Gasteiger partial charge on any atom is -0.395 e. The second-order valence-corrected chi connectivity index (χ2v) is 4.79. The van der Waals surface area contributed by atoms with E-state index >= 15 is 0 Å². The molecule has 1 unspecified atom stereocenters. The van der Waals surface area contributed by atoms with Crippen LogP contribution in [0, 0.1) is 11.8 Å². The van der Waals surface area contributed by atoms with Crippen LogP contribution >= 0.6 is 0 Å². The third-order valence-electron chi connectivity index (χ3n) is 3.89. The molecule has 0 aromatic carbocycles. The van der Waals surface area contributed by atoms with Crippen molar-refractivity contribution in [2.24, 2.45) is 11.8 Å². The molecule has 0 amide bonds. The lowest BCUT2D eigenvalue weighted by atomic mass is 9.82. The fourth-order valence-corrected chi connectivity index (χ4v) is 2.92. The van der Waals surface area contributed by atoms with Crippen LogP contribution in [0.1, 0.15) is 32.6 Å². The molecule has 76 valence electrons. The summed E-state index contributed by atoms with van der Waals surface area (Å²) in [7, 11) is 0. The van der Waals surface area contributed by atoms with Gasteiger partial charge in [-0.25, -0.2) is 0 Å². The summed E-state index contributed by atoms with van der Waals surface area (Å²) in [6, 6.07) is 0.380. The molecule has 0 bridgehead atoms. The molecule has 1 saturated carbocycles. The van der Waals surface area contributed by atoms with Gasteiger partial charge in [0.25, 0.3) is 0 Å². The van der Waals surface area contributed by atoms with Crippen molar-refractivity contribution in [2.45, 2.75) is 38.6 Å². The molecule has 0 radical (unpaired) electrons. The van der Waals surface area contributed by atoms with Gasteiger partial charge in [-0.2, -0.15) is 0 Å². The first kappa shape index (κ1) is 9.47. The predicted molar refractivity (Wildman–Crippen MR) is 53.6 cm³/mol. The highest BCUT2D eigenvalue weighted by Crippen LogP contribution is 2.36. The van der Waals surface area contributed by atoms with Gasteiger partial charge in [0.05, 0.1) is 6.61 Å². The second kappa shape index (κ2) is 3.97. The van der Waals surface area contributed by atoms with Gasteiger partial charge >= 0.3 is 0 Å². The van der Waals surface area contributed by atoms with Crippen LogP contribution in [0.2, 0.25) is 0 Å². The Balaban J connectivity index is 1.91. The van der Waals surface area contributed by atoms with Crippen LogP contribution in [0.4, 0.5) is 0 Å². The number of likely N-dealkylation sites (tertiary alicyclic amines) is 1. The van der Waals surface area contributed by atoms with Crippen LogP contribution in [0.3, 0.4) is 0 Å². The SMILES string of the molecule is CC(CO)N1C[C@H]2CCCC[C@H]2C1. The Labute approximate surface area is 80.9 Å². The molecule has 2 aliphatic rings. The standard InChI is InChI=1S/C11H21NO/c1-9(8-13)12-6-10-4-2-3-5-11(10)7-12/h9-11,13H,2-8H2,1H3/t9?,10-,11+. The lowest BCUT2D eigenvalue weighted by Gasteiger charge is -2.23. The lowest BCUT2D eigenvalue weighted by Crippen LogP contribution is -2.33. The van der Waals surface area contributed by atoms with Crippen molar-refractivity contribution in [3.63, 3.8) is 0 Å². The molecular formula is C11H21NO. The predicted octanol–water partition coefficient (Wildman–Crippen LogP) is 1.49. The van der Waals surface area contributed by atoms with Crippen molar-refractivity contribution in [2.75, 3.05) is 19.7 Å². The van der Waals surface area contributed by atoms with E-state index in [-0.39, 0.29) is 0 Å². The van der Waals surface area contributed by atoms with Crippen LogP contribution in [0.25, 0.3) is 0 Å². The highest BCUT2D eigenvalue weighted by Gasteiger charge is 2.35. The summed E-state index contributed by atoms with van der Waals surface area (Å²) in [4.78, 5) is 2.47. The second-order valence-electron chi connectivity index (χ2n) is 4.79. The van der Waals surface area contributed by atoms with E-state index in [1.165, 1.54) is 38.8 Å². The van der Waals surface area contributed by atoms with Crippen molar-refractivity contribution in [1.29, 1.82) is 0 Å². The Kier molecular flexibility index (Phi) is 2.89. The Morgan fingerprint density at radius 2 is 1.77 bits per heavy atom. The molecule has 1 aliphatic carbocycles. The molecule has 2 fully saturated rings. The monoisotopic (exact) mass is 183 g/mol. The van der Waals surface area contributed by atoms with Crippen LogP contribution < -0.4 is 0 Å². The first-order valence-electron chi connectivity index (χ1n) is 5.66. The number of aliphatic hydroxyl groups is 1. The number of hydrogen-bond donors (Lipinski definition) is 1. The highest BCUT2D eigenvalue weighted by molar-refractivity contribution is 4.88. The summed E-state index contributed by atoms with van der Waals surface area (Å²) in [5.41, 5.74) is 0. The zero-order valence-corrected chi connectivity index (χ0v) is 8.58. The first-order valence-corrected chi connectivity index (χ1v) is 5.66. The first-order chi connectivity index (χ1) is 6.31. The van der Waals surface area contributed by atoms with E-state index in [9.17, 15) is 0 Å². The number of nitrogens with zero attached hydrogens (tertiary/aromatic N) is 1. The van der Waals surface area contributed by atoms with Crippen molar-refractivity contribution < 1.29 is 5.11 Å². The van der Waals surface area contributed by atoms with Gasteiger partial charge in [-0.1, -0.05) is 12.8 Å². The van der Waals surface area contributed by atoms with Crippen molar-refractivity contribution in [1.82, 2.24) is 4.90 Å². The number of aliphatic hydroxyl groups excluding tert-OH is 1. The Morgan fingerprint density at radius 3 is 2.23 bits per heavy atom. The minimum atomic E-state index is 0.319. The van der Waals surface area contributed by atoms with Crippen molar-refractivity contribution in [3.05, 3.63) is 0 Å². The molecule has 1 heterocycles. The largest absolute Gasteiger partial charge is 0.395 e. The molecule has 1 N–H and O–H groups in total. The molecule has 1 aliphatic heterocycles. The Hall–Kier alpha value is -0.0800. The molecule has 2 rings (SSSR count). The molecule has 1 saturated heterocycles. The third kappa shape index (κ3) is 1.89. The summed E-state index contributed by atoms with van der Waals surface area (Å²) in [5, 5.41) is 9.09. The van der Waals surface area contributed by atoms with Gasteiger partial charge < -0.3 is 5.11 Å². The van der Waals surface area contributed by atoms with E-state index in [0.29, 0.717) is 12.6 Å². The summed E-state index contributed by atoms with van der Waals surface area (Å²) < 4.78 is 0. The summed E-state index contributed by atoms with van der Waals surface area (Å²) in [5.74, 6) is 1.89. The van der Waals surface area contributed by atoms with Crippen LogP contribution in [-0.4, -0.2) is 35.7 Å². The van der Waals surface area contributed by atoms with Crippen molar-refractivity contribution >= 4 is 0 Å². The van der Waals surface area contributed by atoms with Gasteiger partial charge in [-0.15, -0.1) is 0 Å². The third-order valence-corrected chi connectivity index (χ3v) is 3.89. The van der Waals surface area contributed by atoms with Crippen LogP contribution in [0.15, 0.2) is 0 Å². The summed E-state index contributed by atoms with van der Waals surface area (Å²) in [6.45, 7) is 4.94. The highest BCUT2D eigenvalue weighted by atomic mass is 16.3. The fraction of sp³-hybridized carbons (Fsp3) is 1.00. The average molecular weight is 183 g/mol. The zero-order valence-electron chi connectivity index (χ0n) is 8.58. The number of fused-ring (bicyclic) bond motifs is 1. The number of hydrogen-bond acceptors (Lipinski definition) is 2. The average Bonchev–Trinajstić information content (AvgIpc) is 2.59. The molecule has 13 heavy (non-hydrogen) atoms. The van der Waals surface area contributed by atoms with Gasteiger partial charge in [0.15, 0.2) is 0 Å². The van der Waals surface area contributed by atoms with E-state index in [4.69, 9.17) is 5.11 Å². The smallest absolute Gasteiger partial charge is 0.0584 e. The maximum Gasteiger partial charge on any atom is 0.0584 e. The van der Waals surface area contributed by atoms with Gasteiger partial charge in [0, 0.05) is 19.1 Å². The quantitative estimate of drug-likeness (QED) is 0.701. The van der Waals surface area contributed by atoms with Gasteiger partial charge in [0.2, 0.25) is 0 Å². The maximum absolute atomic E-state index is 9.09. The van der Waals surface area contributed by atoms with Gasteiger partial charge in [0.1, 0.15) is 0 Å². The van der Waals surface area contributed by atoms with Gasteiger partial charge in [-0.05, 0) is 31.6 Å². The molecule has 0 spiro atoms. The van der Waals surface area contributed by atoms with Crippen LogP contribution in [0.5, 0.6) is 0 Å². The van der Waals surface area contributed by atoms with E-state index in [1.54, 1.807) is 0 Å². The zero-order chi connectivity index (χ0) is 9.26. The fourth-order valence-electron chi connectivity index (χ4n) is 2.92. The molecule has 3 atom stereocenters. The number of rotatable bonds is 2. The molecule has 0 aromatic rings. The van der Waals surface area contributed by atoms with Gasteiger partial charge in [-0.3, -0.25) is 4.90 Å². The van der Waals surface area contributed by atoms with Crippen LogP contribution in [-0.2, 0) is 0 Å². The molecule has 2 nitrogen and oxygen atoms in total. The normalized spacial score (nSPS) is 37.4. The van der Waals surface area contributed by atoms with E-state index in [2.05, 4.69) is 11.8 Å². The minimum absolute atomic E-state index is 0.319. The van der Waals surface area contributed by atoms with E-state index in [0.717, 1.165) is 11.8 Å². The lowest BCUT2D eigenvalue weighted by molar-refractivity contribution is 0.152. The van der Waals surface area contributed by atoms with Crippen molar-refractivity contribution in [3.8, 4) is 0 Å². The topological polar surface area (TPSA) is 23.5 Å². The van der Waals surface area contributed by atoms with E-state index < -0.39 is 0 Å². The summed E-state index contributed by atoms with van der Waals surface area (Å²) >= 11 is 0.